The Balaban J connectivity index is 2.43. The summed E-state index contributed by atoms with van der Waals surface area (Å²) in [6.07, 6.45) is 3.23. The van der Waals surface area contributed by atoms with Crippen LogP contribution in [-0.4, -0.2) is 28.1 Å². The van der Waals surface area contributed by atoms with Gasteiger partial charge in [0.1, 0.15) is 5.02 Å². The molecule has 0 bridgehead atoms. The maximum absolute atomic E-state index is 9.77. The second-order valence-corrected chi connectivity index (χ2v) is 5.15. The smallest absolute Gasteiger partial charge is 0.221 e. The van der Waals surface area contributed by atoms with Gasteiger partial charge >= 0.3 is 0 Å². The number of aromatic hydroxyl groups is 1. The van der Waals surface area contributed by atoms with Crippen LogP contribution >= 0.6 is 27.5 Å². The third-order valence-electron chi connectivity index (χ3n) is 2.55. The summed E-state index contributed by atoms with van der Waals surface area (Å²) in [6.45, 7) is 1.82. The van der Waals surface area contributed by atoms with E-state index >= 15 is 0 Å². The number of nitrogen functional groups attached to an aromatic ring is 1. The Morgan fingerprint density at radius 1 is 1.60 bits per heavy atom. The van der Waals surface area contributed by atoms with Crippen LogP contribution in [0.3, 0.4) is 0 Å². The summed E-state index contributed by atoms with van der Waals surface area (Å²) in [5.74, 6) is 0.414. The van der Waals surface area contributed by atoms with E-state index in [4.69, 9.17) is 22.1 Å². The molecule has 0 atom stereocenters. The van der Waals surface area contributed by atoms with Crippen LogP contribution in [-0.2, 0) is 0 Å². The quantitative estimate of drug-likeness (QED) is 0.825. The number of rotatable bonds is 3. The number of aryl methyl sites for hydroxylation is 1. The van der Waals surface area contributed by atoms with Gasteiger partial charge in [-0.25, -0.2) is 9.66 Å². The number of nitrogens with two attached hydrogens (primary N) is 1. The maximum Gasteiger partial charge on any atom is 0.221 e. The number of hydrogen-bond acceptors (Lipinski definition) is 5. The van der Waals surface area contributed by atoms with Crippen molar-refractivity contribution in [1.82, 2.24) is 9.66 Å². The molecule has 0 spiro atoms. The van der Waals surface area contributed by atoms with E-state index in [1.54, 1.807) is 12.3 Å². The van der Waals surface area contributed by atoms with Crippen LogP contribution in [0.1, 0.15) is 11.3 Å². The number of imidazole rings is 1. The van der Waals surface area contributed by atoms with Gasteiger partial charge in [0.05, 0.1) is 25.2 Å². The number of benzene rings is 1. The van der Waals surface area contributed by atoms with E-state index in [2.05, 4.69) is 26.0 Å². The van der Waals surface area contributed by atoms with Crippen molar-refractivity contribution < 1.29 is 9.84 Å². The van der Waals surface area contributed by atoms with Crippen LogP contribution in [0.25, 0.3) is 0 Å². The summed E-state index contributed by atoms with van der Waals surface area (Å²) in [5.41, 5.74) is 7.09. The lowest BCUT2D eigenvalue weighted by molar-refractivity contribution is 0.373. The minimum absolute atomic E-state index is 0.129. The molecule has 0 amide bonds. The van der Waals surface area contributed by atoms with Crippen molar-refractivity contribution in [3.8, 4) is 11.5 Å². The Bertz CT molecular complexity index is 685. The first-order chi connectivity index (χ1) is 9.43. The Morgan fingerprint density at radius 2 is 2.30 bits per heavy atom. The van der Waals surface area contributed by atoms with E-state index in [-0.39, 0.29) is 22.5 Å². The van der Waals surface area contributed by atoms with Gasteiger partial charge in [0.2, 0.25) is 5.95 Å². The number of phenolic OH excluding ortho intramolecular Hbond substituents is 1. The zero-order chi connectivity index (χ0) is 14.9. The van der Waals surface area contributed by atoms with Crippen molar-refractivity contribution in [1.29, 1.82) is 0 Å². The SMILES string of the molecule is COc1cc(C=Nn2cc(C)nc2N)c(Br)c(Cl)c1O. The molecule has 0 aliphatic heterocycles. The van der Waals surface area contributed by atoms with Gasteiger partial charge in [-0.2, -0.15) is 5.10 Å². The predicted molar refractivity (Wildman–Crippen MR) is 81.7 cm³/mol. The van der Waals surface area contributed by atoms with Crippen LogP contribution in [0, 0.1) is 6.92 Å². The Kier molecular flexibility index (Phi) is 4.20. The molecule has 0 aliphatic rings. The van der Waals surface area contributed by atoms with Gasteiger partial charge in [0.15, 0.2) is 11.5 Å². The number of anilines is 1. The highest BCUT2D eigenvalue weighted by Gasteiger charge is 2.14. The number of methoxy groups -OCH3 is 1. The Morgan fingerprint density at radius 3 is 2.85 bits per heavy atom. The Labute approximate surface area is 129 Å². The third-order valence-corrected chi connectivity index (χ3v) is 4.00. The molecule has 0 radical (unpaired) electrons. The molecule has 1 aromatic heterocycles. The van der Waals surface area contributed by atoms with Gasteiger partial charge in [0.25, 0.3) is 0 Å². The second kappa shape index (κ2) is 5.72. The largest absolute Gasteiger partial charge is 0.503 e. The average Bonchev–Trinajstić information content (AvgIpc) is 2.74. The maximum atomic E-state index is 9.77. The van der Waals surface area contributed by atoms with Crippen LogP contribution in [0.5, 0.6) is 11.5 Å². The molecular weight excluding hydrogens is 348 g/mol. The lowest BCUT2D eigenvalue weighted by atomic mass is 10.2. The van der Waals surface area contributed by atoms with Crippen molar-refractivity contribution >= 4 is 39.7 Å². The van der Waals surface area contributed by atoms with Crippen LogP contribution in [0.15, 0.2) is 21.8 Å². The lowest BCUT2D eigenvalue weighted by Gasteiger charge is -2.09. The summed E-state index contributed by atoms with van der Waals surface area (Å²) in [7, 11) is 1.44. The van der Waals surface area contributed by atoms with E-state index in [9.17, 15) is 5.11 Å². The first-order valence-corrected chi connectivity index (χ1v) is 6.72. The van der Waals surface area contributed by atoms with E-state index in [0.29, 0.717) is 10.0 Å². The summed E-state index contributed by atoms with van der Waals surface area (Å²) in [4.78, 5) is 4.04. The van der Waals surface area contributed by atoms with Gasteiger partial charge in [-0.3, -0.25) is 0 Å². The molecule has 1 aromatic carbocycles. The fourth-order valence-electron chi connectivity index (χ4n) is 1.58. The van der Waals surface area contributed by atoms with Gasteiger partial charge in [-0.15, -0.1) is 0 Å². The predicted octanol–water partition coefficient (Wildman–Crippen LogP) is 2.79. The number of halogens is 2. The highest BCUT2D eigenvalue weighted by Crippen LogP contribution is 2.40. The molecule has 0 fully saturated rings. The molecule has 3 N–H and O–H groups in total. The summed E-state index contributed by atoms with van der Waals surface area (Å²) >= 11 is 9.30. The fourth-order valence-corrected chi connectivity index (χ4v) is 2.19. The molecule has 2 rings (SSSR count). The standard InChI is InChI=1S/C12H12BrClN4O2/c1-6-5-18(12(15)17-6)16-4-7-3-8(20-2)11(19)10(14)9(7)13/h3-5,19H,1-2H3,(H2,15,17). The van der Waals surface area contributed by atoms with E-state index in [1.807, 2.05) is 6.92 Å². The van der Waals surface area contributed by atoms with Gasteiger partial charge in [-0.05, 0) is 28.9 Å². The van der Waals surface area contributed by atoms with Gasteiger partial charge in [0, 0.05) is 10.0 Å². The van der Waals surface area contributed by atoms with Crippen molar-refractivity contribution in [2.24, 2.45) is 5.10 Å². The van der Waals surface area contributed by atoms with Crippen molar-refractivity contribution in [3.63, 3.8) is 0 Å². The first-order valence-electron chi connectivity index (χ1n) is 5.54. The minimum atomic E-state index is -0.129. The molecule has 0 aliphatic carbocycles. The summed E-state index contributed by atoms with van der Waals surface area (Å²) in [6, 6.07) is 1.61. The van der Waals surface area contributed by atoms with Gasteiger partial charge in [-0.1, -0.05) is 11.6 Å². The normalized spacial score (nSPS) is 11.2. The molecule has 0 saturated carbocycles. The highest BCUT2D eigenvalue weighted by atomic mass is 79.9. The fraction of sp³-hybridized carbons (Fsp3) is 0.167. The molecule has 0 unspecified atom stereocenters. The third kappa shape index (κ3) is 2.73. The monoisotopic (exact) mass is 358 g/mol. The highest BCUT2D eigenvalue weighted by molar-refractivity contribution is 9.10. The molecule has 106 valence electrons. The number of nitrogens with zero attached hydrogens (tertiary/aromatic N) is 3. The summed E-state index contributed by atoms with van der Waals surface area (Å²) < 4.78 is 6.99. The van der Waals surface area contributed by atoms with Crippen LogP contribution in [0.4, 0.5) is 5.95 Å². The number of hydrogen-bond donors (Lipinski definition) is 2. The van der Waals surface area contributed by atoms with E-state index in [1.165, 1.54) is 18.0 Å². The zero-order valence-corrected chi connectivity index (χ0v) is 13.1. The van der Waals surface area contributed by atoms with Gasteiger partial charge < -0.3 is 15.6 Å². The molecule has 8 heteroatoms. The molecule has 0 saturated heterocycles. The second-order valence-electron chi connectivity index (χ2n) is 3.97. The van der Waals surface area contributed by atoms with E-state index < -0.39 is 0 Å². The van der Waals surface area contributed by atoms with Crippen LogP contribution < -0.4 is 10.5 Å². The Hall–Kier alpha value is -1.73. The minimum Gasteiger partial charge on any atom is -0.503 e. The first kappa shape index (κ1) is 14.7. The molecular formula is C12H12BrClN4O2. The van der Waals surface area contributed by atoms with Crippen molar-refractivity contribution in [2.75, 3.05) is 12.8 Å². The molecule has 20 heavy (non-hydrogen) atoms. The average molecular weight is 360 g/mol. The lowest BCUT2D eigenvalue weighted by Crippen LogP contribution is -1.98. The van der Waals surface area contributed by atoms with Crippen molar-refractivity contribution in [3.05, 3.63) is 33.0 Å². The number of phenols is 1. The molecule has 6 nitrogen and oxygen atoms in total. The topological polar surface area (TPSA) is 85.7 Å². The summed E-state index contributed by atoms with van der Waals surface area (Å²) in [5, 5.41) is 14.1. The van der Waals surface area contributed by atoms with E-state index in [0.717, 1.165) is 5.69 Å². The van der Waals surface area contributed by atoms with Crippen LogP contribution in [0.2, 0.25) is 5.02 Å². The van der Waals surface area contributed by atoms with Crippen molar-refractivity contribution in [2.45, 2.75) is 6.92 Å². The molecule has 2 aromatic rings. The zero-order valence-electron chi connectivity index (χ0n) is 10.8. The number of aromatic nitrogens is 2. The molecule has 1 heterocycles. The number of ether oxygens (including phenoxy) is 1.